The van der Waals surface area contributed by atoms with Gasteiger partial charge in [0.2, 0.25) is 5.91 Å². The van der Waals surface area contributed by atoms with E-state index in [4.69, 9.17) is 0 Å². The molecule has 0 unspecified atom stereocenters. The minimum absolute atomic E-state index is 0.108. The molecule has 39 heavy (non-hydrogen) atoms. The number of piperazine rings is 1. The number of aromatic nitrogens is 4. The molecule has 5 rings (SSSR count). The summed E-state index contributed by atoms with van der Waals surface area (Å²) in [6, 6.07) is 13.5. The number of nitrogens with zero attached hydrogens (tertiary/aromatic N) is 6. The Kier molecular flexibility index (Phi) is 7.62. The molecule has 1 aromatic carbocycles. The predicted octanol–water partition coefficient (Wildman–Crippen LogP) is 3.33. The number of rotatable bonds is 8. The average molecular weight is 525 g/mol. The van der Waals surface area contributed by atoms with E-state index < -0.39 is 0 Å². The number of hydrogen-bond donors (Lipinski definition) is 2. The normalized spacial score (nSPS) is 14.4. The highest BCUT2D eigenvalue weighted by Crippen LogP contribution is 2.27. The molecule has 1 aliphatic rings. The Morgan fingerprint density at radius 2 is 1.95 bits per heavy atom. The zero-order valence-electron chi connectivity index (χ0n) is 22.4. The number of anilines is 2. The third-order valence-corrected chi connectivity index (χ3v) is 7.13. The monoisotopic (exact) mass is 524 g/mol. The van der Waals surface area contributed by atoms with Crippen molar-refractivity contribution in [1.29, 1.82) is 0 Å². The molecule has 1 atom stereocenters. The highest BCUT2D eigenvalue weighted by Gasteiger charge is 2.23. The summed E-state index contributed by atoms with van der Waals surface area (Å²) >= 11 is 0. The summed E-state index contributed by atoms with van der Waals surface area (Å²) in [6.07, 6.45) is 5.00. The fourth-order valence-corrected chi connectivity index (χ4v) is 4.87. The van der Waals surface area contributed by atoms with E-state index in [1.165, 1.54) is 6.33 Å². The van der Waals surface area contributed by atoms with Gasteiger partial charge in [0, 0.05) is 68.6 Å². The van der Waals surface area contributed by atoms with Crippen molar-refractivity contribution < 1.29 is 9.59 Å². The lowest BCUT2D eigenvalue weighted by atomic mass is 9.96. The second-order valence-corrected chi connectivity index (χ2v) is 9.55. The topological polar surface area (TPSA) is 116 Å². The van der Waals surface area contributed by atoms with Crippen molar-refractivity contribution in [2.75, 3.05) is 50.0 Å². The molecule has 1 aliphatic heterocycles. The molecule has 0 spiro atoms. The van der Waals surface area contributed by atoms with E-state index in [0.717, 1.165) is 46.6 Å². The number of fused-ring (bicyclic) bond motifs is 1. The van der Waals surface area contributed by atoms with Crippen molar-refractivity contribution in [1.82, 2.24) is 30.2 Å². The van der Waals surface area contributed by atoms with Gasteiger partial charge in [-0.25, -0.2) is 15.0 Å². The van der Waals surface area contributed by atoms with Crippen LogP contribution < -0.4 is 15.5 Å². The lowest BCUT2D eigenvalue weighted by Gasteiger charge is -2.34. The molecule has 1 saturated heterocycles. The molecule has 2 amide bonds. The quantitative estimate of drug-likeness (QED) is 0.361. The zero-order chi connectivity index (χ0) is 27.4. The number of nitrogens with one attached hydrogen (secondary N) is 2. The van der Waals surface area contributed by atoms with Gasteiger partial charge in [0.25, 0.3) is 5.91 Å². The molecule has 2 N–H and O–H groups in total. The highest BCUT2D eigenvalue weighted by atomic mass is 16.2. The zero-order valence-corrected chi connectivity index (χ0v) is 22.4. The van der Waals surface area contributed by atoms with Gasteiger partial charge < -0.3 is 20.4 Å². The number of carbonyl (C=O) groups excluding carboxylic acids is 2. The van der Waals surface area contributed by atoms with Gasteiger partial charge >= 0.3 is 0 Å². The number of benzene rings is 1. The average Bonchev–Trinajstić information content (AvgIpc) is 2.99. The van der Waals surface area contributed by atoms with Crippen LogP contribution in [0.25, 0.3) is 22.2 Å². The van der Waals surface area contributed by atoms with Crippen LogP contribution in [0, 0.1) is 0 Å². The van der Waals surface area contributed by atoms with Gasteiger partial charge in [0.05, 0.1) is 23.3 Å². The van der Waals surface area contributed by atoms with Crippen LogP contribution in [0.4, 0.5) is 11.6 Å². The van der Waals surface area contributed by atoms with E-state index in [0.29, 0.717) is 31.0 Å². The van der Waals surface area contributed by atoms with Gasteiger partial charge in [-0.2, -0.15) is 0 Å². The summed E-state index contributed by atoms with van der Waals surface area (Å²) in [5.74, 6) is 1.59. The van der Waals surface area contributed by atoms with E-state index >= 15 is 0 Å². The first-order valence-electron chi connectivity index (χ1n) is 13.1. The number of hydrogen-bond acceptors (Lipinski definition) is 8. The summed E-state index contributed by atoms with van der Waals surface area (Å²) in [5, 5.41) is 6.94. The summed E-state index contributed by atoms with van der Waals surface area (Å²) in [5.41, 5.74) is 4.11. The van der Waals surface area contributed by atoms with Crippen molar-refractivity contribution in [3.8, 4) is 11.3 Å². The van der Waals surface area contributed by atoms with Crippen LogP contribution in [-0.2, 0) is 4.79 Å². The van der Waals surface area contributed by atoms with Crippen LogP contribution in [0.15, 0.2) is 61.2 Å². The van der Waals surface area contributed by atoms with E-state index in [1.54, 1.807) is 25.5 Å². The molecule has 10 nitrogen and oxygen atoms in total. The smallest absolute Gasteiger partial charge is 0.251 e. The number of pyridine rings is 2. The predicted molar refractivity (Wildman–Crippen MR) is 152 cm³/mol. The van der Waals surface area contributed by atoms with E-state index in [9.17, 15) is 9.59 Å². The maximum atomic E-state index is 12.3. The first-order chi connectivity index (χ1) is 19.0. The Morgan fingerprint density at radius 1 is 1.08 bits per heavy atom. The SMILES string of the molecule is CCN1CCN(c2ccc(-c3cc(NC[C@@H](C)c4cccc5c(C(=O)NC)ccnc45)ncn3)cn2)CC1=O. The highest BCUT2D eigenvalue weighted by molar-refractivity contribution is 6.06. The molecule has 200 valence electrons. The van der Waals surface area contributed by atoms with Crippen molar-refractivity contribution in [3.63, 3.8) is 0 Å². The van der Waals surface area contributed by atoms with Crippen LogP contribution in [0.1, 0.15) is 35.7 Å². The van der Waals surface area contributed by atoms with Crippen LogP contribution in [-0.4, -0.2) is 76.4 Å². The van der Waals surface area contributed by atoms with Gasteiger partial charge in [-0.05, 0) is 30.7 Å². The number of likely N-dealkylation sites (N-methyl/N-ethyl adjacent to an activating group) is 1. The van der Waals surface area contributed by atoms with Crippen molar-refractivity contribution >= 4 is 34.4 Å². The maximum absolute atomic E-state index is 12.3. The lowest BCUT2D eigenvalue weighted by Crippen LogP contribution is -2.50. The molecule has 4 aromatic rings. The van der Waals surface area contributed by atoms with Crippen molar-refractivity contribution in [3.05, 3.63) is 72.3 Å². The summed E-state index contributed by atoms with van der Waals surface area (Å²) in [6.45, 7) is 7.30. The molecule has 1 fully saturated rings. The molecule has 4 heterocycles. The fraction of sp³-hybridized carbons (Fsp3) is 0.310. The Hall–Kier alpha value is -4.60. The van der Waals surface area contributed by atoms with Gasteiger partial charge in [-0.15, -0.1) is 0 Å². The van der Waals surface area contributed by atoms with E-state index in [2.05, 4.69) is 37.5 Å². The summed E-state index contributed by atoms with van der Waals surface area (Å²) in [7, 11) is 1.63. The van der Waals surface area contributed by atoms with Gasteiger partial charge in [0.1, 0.15) is 18.0 Å². The number of para-hydroxylation sites is 1. The van der Waals surface area contributed by atoms with E-state index in [1.807, 2.05) is 53.1 Å². The van der Waals surface area contributed by atoms with Gasteiger partial charge in [-0.3, -0.25) is 14.6 Å². The minimum Gasteiger partial charge on any atom is -0.369 e. The minimum atomic E-state index is -0.131. The summed E-state index contributed by atoms with van der Waals surface area (Å²) in [4.78, 5) is 46.5. The number of amides is 2. The summed E-state index contributed by atoms with van der Waals surface area (Å²) < 4.78 is 0. The molecule has 0 radical (unpaired) electrons. The molecule has 0 saturated carbocycles. The first kappa shape index (κ1) is 26.0. The largest absolute Gasteiger partial charge is 0.369 e. The Labute approximate surface area is 227 Å². The second-order valence-electron chi connectivity index (χ2n) is 9.55. The van der Waals surface area contributed by atoms with Crippen molar-refractivity contribution in [2.24, 2.45) is 0 Å². The molecule has 10 heteroatoms. The Morgan fingerprint density at radius 3 is 2.69 bits per heavy atom. The second kappa shape index (κ2) is 11.4. The van der Waals surface area contributed by atoms with E-state index in [-0.39, 0.29) is 17.7 Å². The van der Waals surface area contributed by atoms with Crippen LogP contribution in [0.5, 0.6) is 0 Å². The van der Waals surface area contributed by atoms with Crippen LogP contribution >= 0.6 is 0 Å². The molecule has 0 aliphatic carbocycles. The Balaban J connectivity index is 1.27. The van der Waals surface area contributed by atoms with Crippen molar-refractivity contribution in [2.45, 2.75) is 19.8 Å². The molecule has 3 aromatic heterocycles. The Bertz CT molecular complexity index is 1490. The number of carbonyl (C=O) groups is 2. The third-order valence-electron chi connectivity index (χ3n) is 7.13. The van der Waals surface area contributed by atoms with Gasteiger partial charge in [-0.1, -0.05) is 25.1 Å². The maximum Gasteiger partial charge on any atom is 0.251 e. The molecular weight excluding hydrogens is 492 g/mol. The first-order valence-corrected chi connectivity index (χ1v) is 13.1. The lowest BCUT2D eigenvalue weighted by molar-refractivity contribution is -0.130. The van der Waals surface area contributed by atoms with Gasteiger partial charge in [0.15, 0.2) is 0 Å². The van der Waals surface area contributed by atoms with Crippen LogP contribution in [0.3, 0.4) is 0 Å². The van der Waals surface area contributed by atoms with Crippen LogP contribution in [0.2, 0.25) is 0 Å². The third kappa shape index (κ3) is 5.50. The fourth-order valence-electron chi connectivity index (χ4n) is 4.87. The molecular formula is C29H32N8O2. The molecule has 0 bridgehead atoms. The standard InChI is InChI=1S/C29H32N8O2/c1-4-36-12-13-37(17-27(36)38)26-9-8-20(16-33-26)24-14-25(35-18-34-24)32-15-19(2)21-6-5-7-22-23(29(39)30-3)10-11-31-28(21)22/h5-11,14,16,18-19H,4,12-13,15,17H2,1-3H3,(H,30,39)(H,32,34,35)/t19-/m1/s1.